The van der Waals surface area contributed by atoms with Crippen molar-refractivity contribution in [2.24, 2.45) is 0 Å². The molecular formula is C6H10NO2. The van der Waals surface area contributed by atoms with Crippen LogP contribution in [-0.2, 0) is 9.53 Å². The lowest BCUT2D eigenvalue weighted by Crippen LogP contribution is -2.32. The Bertz CT molecular complexity index is 108. The molecule has 1 unspecified atom stereocenters. The molecule has 0 saturated carbocycles. The first kappa shape index (κ1) is 6.55. The third-order valence-corrected chi connectivity index (χ3v) is 1.20. The molecule has 1 heterocycles. The number of ether oxygens (including phenoxy) is 1. The highest BCUT2D eigenvalue weighted by molar-refractivity contribution is 5.73. The summed E-state index contributed by atoms with van der Waals surface area (Å²) in [5.74, 6) is 0.0129. The fourth-order valence-corrected chi connectivity index (χ4v) is 0.824. The maximum Gasteiger partial charge on any atom is 0.217 e. The molecule has 1 amide bonds. The highest BCUT2D eigenvalue weighted by Gasteiger charge is 2.15. The lowest BCUT2D eigenvalue weighted by Gasteiger charge is -2.06. The lowest BCUT2D eigenvalue weighted by atomic mass is 10.3. The molecule has 1 N–H and O–H groups in total. The Morgan fingerprint density at radius 2 is 2.67 bits per heavy atom. The molecule has 0 spiro atoms. The molecule has 0 aromatic rings. The first-order valence-electron chi connectivity index (χ1n) is 2.99. The van der Waals surface area contributed by atoms with E-state index in [0.717, 1.165) is 6.42 Å². The fourth-order valence-electron chi connectivity index (χ4n) is 0.824. The molecule has 1 atom stereocenters. The monoisotopic (exact) mass is 128 g/mol. The first-order valence-corrected chi connectivity index (χ1v) is 2.99. The number of amides is 1. The normalized spacial score (nSPS) is 26.1. The van der Waals surface area contributed by atoms with Gasteiger partial charge in [-0.25, -0.2) is 0 Å². The van der Waals surface area contributed by atoms with E-state index in [0.29, 0.717) is 6.61 Å². The summed E-state index contributed by atoms with van der Waals surface area (Å²) in [5, 5.41) is 2.75. The van der Waals surface area contributed by atoms with Crippen LogP contribution in [0, 0.1) is 6.61 Å². The van der Waals surface area contributed by atoms with E-state index in [-0.39, 0.29) is 11.9 Å². The molecule has 3 nitrogen and oxygen atoms in total. The van der Waals surface area contributed by atoms with E-state index < -0.39 is 0 Å². The van der Waals surface area contributed by atoms with Crippen LogP contribution in [0.1, 0.15) is 13.3 Å². The largest absolute Gasteiger partial charge is 0.373 e. The maximum atomic E-state index is 10.4. The zero-order valence-corrected chi connectivity index (χ0v) is 5.39. The predicted molar refractivity (Wildman–Crippen MR) is 32.5 cm³/mol. The van der Waals surface area contributed by atoms with Crippen molar-refractivity contribution in [2.45, 2.75) is 19.4 Å². The Morgan fingerprint density at radius 1 is 1.89 bits per heavy atom. The summed E-state index contributed by atoms with van der Waals surface area (Å²) in [7, 11) is 0. The third-order valence-electron chi connectivity index (χ3n) is 1.20. The highest BCUT2D eigenvalue weighted by atomic mass is 16.5. The minimum absolute atomic E-state index is 0.0129. The third kappa shape index (κ3) is 2.01. The van der Waals surface area contributed by atoms with Gasteiger partial charge in [0.1, 0.15) is 0 Å². The summed E-state index contributed by atoms with van der Waals surface area (Å²) in [4.78, 5) is 10.4. The molecule has 1 fully saturated rings. The summed E-state index contributed by atoms with van der Waals surface area (Å²) >= 11 is 0. The Morgan fingerprint density at radius 3 is 3.11 bits per heavy atom. The van der Waals surface area contributed by atoms with Crippen molar-refractivity contribution < 1.29 is 9.53 Å². The SMILES string of the molecule is CC(=O)NC1C[CH]OC1. The maximum absolute atomic E-state index is 10.4. The van der Waals surface area contributed by atoms with Gasteiger partial charge in [0.15, 0.2) is 0 Å². The Hall–Kier alpha value is -0.570. The molecule has 0 aliphatic carbocycles. The van der Waals surface area contributed by atoms with E-state index in [4.69, 9.17) is 4.74 Å². The molecule has 3 heteroatoms. The fraction of sp³-hybridized carbons (Fsp3) is 0.667. The average molecular weight is 128 g/mol. The average Bonchev–Trinajstić information content (AvgIpc) is 2.15. The molecule has 51 valence electrons. The number of nitrogens with one attached hydrogen (secondary N) is 1. The van der Waals surface area contributed by atoms with Gasteiger partial charge in [0, 0.05) is 6.92 Å². The van der Waals surface area contributed by atoms with Gasteiger partial charge in [-0.1, -0.05) is 0 Å². The number of carbonyl (C=O) groups is 1. The van der Waals surface area contributed by atoms with E-state index in [1.807, 2.05) is 0 Å². The van der Waals surface area contributed by atoms with Crippen LogP contribution < -0.4 is 5.32 Å². The van der Waals surface area contributed by atoms with Crippen LogP contribution in [0.15, 0.2) is 0 Å². The van der Waals surface area contributed by atoms with Gasteiger partial charge in [0.05, 0.1) is 19.3 Å². The van der Waals surface area contributed by atoms with Gasteiger partial charge in [-0.05, 0) is 6.42 Å². The minimum atomic E-state index is 0.0129. The van der Waals surface area contributed by atoms with Crippen LogP contribution in [0.2, 0.25) is 0 Å². The van der Waals surface area contributed by atoms with Gasteiger partial charge < -0.3 is 10.1 Å². The molecule has 0 bridgehead atoms. The number of hydrogen-bond donors (Lipinski definition) is 1. The second-order valence-corrected chi connectivity index (χ2v) is 2.13. The van der Waals surface area contributed by atoms with Crippen LogP contribution >= 0.6 is 0 Å². The molecule has 1 radical (unpaired) electrons. The first-order chi connectivity index (χ1) is 4.29. The summed E-state index contributed by atoms with van der Waals surface area (Å²) in [6.07, 6.45) is 0.833. The molecule has 1 aliphatic rings. The Labute approximate surface area is 54.4 Å². The standard InChI is InChI=1S/C6H10NO2/c1-5(8)7-6-2-3-9-4-6/h3,6H,2,4H2,1H3,(H,7,8). The molecule has 1 saturated heterocycles. The molecule has 0 aromatic heterocycles. The lowest BCUT2D eigenvalue weighted by molar-refractivity contribution is -0.119. The predicted octanol–water partition coefficient (Wildman–Crippen LogP) is 0.0732. The van der Waals surface area contributed by atoms with Crippen molar-refractivity contribution in [3.63, 3.8) is 0 Å². The molecule has 0 aromatic carbocycles. The number of carbonyl (C=O) groups excluding carboxylic acids is 1. The van der Waals surface area contributed by atoms with E-state index >= 15 is 0 Å². The summed E-state index contributed by atoms with van der Waals surface area (Å²) in [6.45, 7) is 3.86. The molecule has 1 rings (SSSR count). The Kier molecular flexibility index (Phi) is 2.05. The number of rotatable bonds is 1. The van der Waals surface area contributed by atoms with Crippen molar-refractivity contribution in [1.82, 2.24) is 5.32 Å². The van der Waals surface area contributed by atoms with Crippen molar-refractivity contribution in [1.29, 1.82) is 0 Å². The van der Waals surface area contributed by atoms with E-state index in [1.165, 1.54) is 6.92 Å². The van der Waals surface area contributed by atoms with E-state index in [9.17, 15) is 4.79 Å². The summed E-state index contributed by atoms with van der Waals surface area (Å²) < 4.78 is 4.92. The Balaban J connectivity index is 2.19. The van der Waals surface area contributed by atoms with Crippen LogP contribution in [0.5, 0.6) is 0 Å². The topological polar surface area (TPSA) is 38.3 Å². The van der Waals surface area contributed by atoms with Crippen LogP contribution in [0.4, 0.5) is 0 Å². The summed E-state index contributed by atoms with van der Waals surface area (Å²) in [5.41, 5.74) is 0. The van der Waals surface area contributed by atoms with E-state index in [1.54, 1.807) is 6.61 Å². The molecular weight excluding hydrogens is 118 g/mol. The van der Waals surface area contributed by atoms with Gasteiger partial charge in [-0.15, -0.1) is 0 Å². The second kappa shape index (κ2) is 2.82. The quantitative estimate of drug-likeness (QED) is 0.542. The minimum Gasteiger partial charge on any atom is -0.373 e. The van der Waals surface area contributed by atoms with Crippen molar-refractivity contribution >= 4 is 5.91 Å². The highest BCUT2D eigenvalue weighted by Crippen LogP contribution is 2.06. The molecule has 1 aliphatic heterocycles. The van der Waals surface area contributed by atoms with Gasteiger partial charge in [-0.3, -0.25) is 4.79 Å². The van der Waals surface area contributed by atoms with Gasteiger partial charge in [0.25, 0.3) is 0 Å². The zero-order valence-electron chi connectivity index (χ0n) is 5.39. The van der Waals surface area contributed by atoms with Crippen molar-refractivity contribution in [2.75, 3.05) is 6.61 Å². The van der Waals surface area contributed by atoms with Gasteiger partial charge in [-0.2, -0.15) is 0 Å². The van der Waals surface area contributed by atoms with Gasteiger partial charge in [0.2, 0.25) is 5.91 Å². The van der Waals surface area contributed by atoms with Crippen LogP contribution in [0.25, 0.3) is 0 Å². The number of hydrogen-bond acceptors (Lipinski definition) is 2. The molecule has 9 heavy (non-hydrogen) atoms. The summed E-state index contributed by atoms with van der Waals surface area (Å²) in [6, 6.07) is 0.211. The second-order valence-electron chi connectivity index (χ2n) is 2.13. The smallest absolute Gasteiger partial charge is 0.217 e. The van der Waals surface area contributed by atoms with E-state index in [2.05, 4.69) is 5.32 Å². The van der Waals surface area contributed by atoms with Crippen molar-refractivity contribution in [3.8, 4) is 0 Å². The van der Waals surface area contributed by atoms with Gasteiger partial charge >= 0.3 is 0 Å². The zero-order chi connectivity index (χ0) is 6.69. The van der Waals surface area contributed by atoms with Crippen LogP contribution in [-0.4, -0.2) is 18.6 Å². The van der Waals surface area contributed by atoms with Crippen molar-refractivity contribution in [3.05, 3.63) is 6.61 Å². The van der Waals surface area contributed by atoms with Crippen LogP contribution in [0.3, 0.4) is 0 Å².